The predicted octanol–water partition coefficient (Wildman–Crippen LogP) is 4.52. The molecule has 1 aliphatic rings. The topological polar surface area (TPSA) is 55.3 Å². The number of hydrogen-bond donors (Lipinski definition) is 0. The van der Waals surface area contributed by atoms with Crippen molar-refractivity contribution in [3.8, 4) is 5.75 Å². The normalized spacial score (nSPS) is 14.7. The highest BCUT2D eigenvalue weighted by Gasteiger charge is 2.24. The van der Waals surface area contributed by atoms with Crippen molar-refractivity contribution in [1.29, 1.82) is 0 Å². The predicted molar refractivity (Wildman–Crippen MR) is 114 cm³/mol. The van der Waals surface area contributed by atoms with E-state index in [1.165, 1.54) is 17.3 Å². The van der Waals surface area contributed by atoms with E-state index in [1.807, 2.05) is 36.1 Å². The second-order valence-electron chi connectivity index (χ2n) is 7.54. The SMILES string of the molecule is Cc1nsnc1COc1cccc(C(=O)N2CCC(Cc3ccccc3)CC2)c1. The second-order valence-corrected chi connectivity index (χ2v) is 8.07. The van der Waals surface area contributed by atoms with Gasteiger partial charge >= 0.3 is 0 Å². The zero-order valence-electron chi connectivity index (χ0n) is 16.6. The number of aryl methyl sites for hydroxylation is 1. The number of carbonyl (C=O) groups is 1. The van der Waals surface area contributed by atoms with Gasteiger partial charge in [-0.25, -0.2) is 0 Å². The summed E-state index contributed by atoms with van der Waals surface area (Å²) >= 11 is 1.19. The molecular weight excluding hydrogens is 382 g/mol. The summed E-state index contributed by atoms with van der Waals surface area (Å²) in [6, 6.07) is 18.0. The zero-order valence-corrected chi connectivity index (χ0v) is 17.4. The van der Waals surface area contributed by atoms with E-state index in [9.17, 15) is 4.79 Å². The molecular formula is C23H25N3O2S. The highest BCUT2D eigenvalue weighted by Crippen LogP contribution is 2.24. The van der Waals surface area contributed by atoms with E-state index >= 15 is 0 Å². The zero-order chi connectivity index (χ0) is 20.1. The molecule has 1 amide bonds. The van der Waals surface area contributed by atoms with Gasteiger partial charge in [-0.2, -0.15) is 8.75 Å². The minimum Gasteiger partial charge on any atom is -0.487 e. The van der Waals surface area contributed by atoms with Gasteiger partial charge in [0.05, 0.1) is 17.4 Å². The Morgan fingerprint density at radius 1 is 1.10 bits per heavy atom. The summed E-state index contributed by atoms with van der Waals surface area (Å²) in [5.74, 6) is 1.41. The maximum atomic E-state index is 13.0. The van der Waals surface area contributed by atoms with Crippen LogP contribution in [-0.4, -0.2) is 32.6 Å². The maximum absolute atomic E-state index is 13.0. The van der Waals surface area contributed by atoms with E-state index in [0.29, 0.717) is 23.8 Å². The highest BCUT2D eigenvalue weighted by atomic mass is 32.1. The van der Waals surface area contributed by atoms with E-state index in [4.69, 9.17) is 4.74 Å². The monoisotopic (exact) mass is 407 g/mol. The van der Waals surface area contributed by atoms with Crippen molar-refractivity contribution in [2.45, 2.75) is 32.8 Å². The van der Waals surface area contributed by atoms with E-state index < -0.39 is 0 Å². The number of rotatable bonds is 6. The molecule has 0 spiro atoms. The molecule has 0 atom stereocenters. The number of ether oxygens (including phenoxy) is 1. The summed E-state index contributed by atoms with van der Waals surface area (Å²) in [4.78, 5) is 14.9. The summed E-state index contributed by atoms with van der Waals surface area (Å²) in [7, 11) is 0. The van der Waals surface area contributed by atoms with Crippen LogP contribution < -0.4 is 4.74 Å². The van der Waals surface area contributed by atoms with Gasteiger partial charge in [0.1, 0.15) is 18.1 Å². The first-order chi connectivity index (χ1) is 14.2. The van der Waals surface area contributed by atoms with Gasteiger partial charge < -0.3 is 9.64 Å². The van der Waals surface area contributed by atoms with Crippen LogP contribution in [0.3, 0.4) is 0 Å². The Morgan fingerprint density at radius 3 is 2.62 bits per heavy atom. The average molecular weight is 408 g/mol. The van der Waals surface area contributed by atoms with Crippen LogP contribution >= 0.6 is 11.7 Å². The maximum Gasteiger partial charge on any atom is 0.253 e. The van der Waals surface area contributed by atoms with Crippen molar-refractivity contribution in [1.82, 2.24) is 13.6 Å². The molecule has 2 aromatic carbocycles. The van der Waals surface area contributed by atoms with Gasteiger partial charge in [0.2, 0.25) is 0 Å². The lowest BCUT2D eigenvalue weighted by Gasteiger charge is -2.32. The third kappa shape index (κ3) is 5.01. The van der Waals surface area contributed by atoms with E-state index in [1.54, 1.807) is 0 Å². The van der Waals surface area contributed by atoms with Gasteiger partial charge in [0.15, 0.2) is 0 Å². The van der Waals surface area contributed by atoms with Crippen LogP contribution in [-0.2, 0) is 13.0 Å². The molecule has 1 aromatic heterocycles. The van der Waals surface area contributed by atoms with E-state index in [-0.39, 0.29) is 5.91 Å². The fourth-order valence-corrected chi connectivity index (χ4v) is 4.27. The molecule has 0 bridgehead atoms. The van der Waals surface area contributed by atoms with Crippen molar-refractivity contribution in [2.75, 3.05) is 13.1 Å². The van der Waals surface area contributed by atoms with Crippen LogP contribution in [0.25, 0.3) is 0 Å². The van der Waals surface area contributed by atoms with Crippen molar-refractivity contribution < 1.29 is 9.53 Å². The Morgan fingerprint density at radius 2 is 1.90 bits per heavy atom. The number of amides is 1. The van der Waals surface area contributed by atoms with Gasteiger partial charge in [0.25, 0.3) is 5.91 Å². The number of nitrogens with zero attached hydrogens (tertiary/aromatic N) is 3. The fourth-order valence-electron chi connectivity index (χ4n) is 3.72. The molecule has 150 valence electrons. The fraction of sp³-hybridized carbons (Fsp3) is 0.348. The Hall–Kier alpha value is -2.73. The van der Waals surface area contributed by atoms with Gasteiger partial charge in [-0.1, -0.05) is 36.4 Å². The second kappa shape index (κ2) is 9.18. The lowest BCUT2D eigenvalue weighted by molar-refractivity contribution is 0.0690. The van der Waals surface area contributed by atoms with Gasteiger partial charge in [-0.05, 0) is 55.9 Å². The third-order valence-corrected chi connectivity index (χ3v) is 6.13. The molecule has 0 radical (unpaired) electrons. The molecule has 0 N–H and O–H groups in total. The van der Waals surface area contributed by atoms with E-state index in [2.05, 4.69) is 39.1 Å². The largest absolute Gasteiger partial charge is 0.487 e. The van der Waals surface area contributed by atoms with Crippen molar-refractivity contribution >= 4 is 17.6 Å². The smallest absolute Gasteiger partial charge is 0.253 e. The number of carbonyl (C=O) groups excluding carboxylic acids is 1. The van der Waals surface area contributed by atoms with Crippen LogP contribution in [0.4, 0.5) is 0 Å². The van der Waals surface area contributed by atoms with Crippen LogP contribution in [0.1, 0.15) is 40.2 Å². The highest BCUT2D eigenvalue weighted by molar-refractivity contribution is 6.99. The summed E-state index contributed by atoms with van der Waals surface area (Å²) in [6.45, 7) is 3.91. The molecule has 6 heteroatoms. The summed E-state index contributed by atoms with van der Waals surface area (Å²) in [5.41, 5.74) is 3.79. The number of likely N-dealkylation sites (tertiary alicyclic amines) is 1. The Balaban J connectivity index is 1.32. The molecule has 1 saturated heterocycles. The molecule has 2 heterocycles. The van der Waals surface area contributed by atoms with Crippen LogP contribution in [0.2, 0.25) is 0 Å². The molecule has 5 nitrogen and oxygen atoms in total. The lowest BCUT2D eigenvalue weighted by atomic mass is 9.90. The first-order valence-corrected chi connectivity index (χ1v) is 10.8. The summed E-state index contributed by atoms with van der Waals surface area (Å²) in [6.07, 6.45) is 3.19. The molecule has 0 aliphatic carbocycles. The van der Waals surface area contributed by atoms with Crippen molar-refractivity contribution in [2.24, 2.45) is 5.92 Å². The number of aromatic nitrogens is 2. The minimum absolute atomic E-state index is 0.0834. The molecule has 1 aliphatic heterocycles. The minimum atomic E-state index is 0.0834. The van der Waals surface area contributed by atoms with Crippen molar-refractivity contribution in [3.63, 3.8) is 0 Å². The standard InChI is InChI=1S/C23H25N3O2S/c1-17-22(25-29-24-17)16-28-21-9-5-8-20(15-21)23(27)26-12-10-19(11-13-26)14-18-6-3-2-4-7-18/h2-9,15,19H,10-14,16H2,1H3. The Kier molecular flexibility index (Phi) is 6.20. The molecule has 0 saturated carbocycles. The number of benzene rings is 2. The van der Waals surface area contributed by atoms with Gasteiger partial charge in [-0.3, -0.25) is 4.79 Å². The molecule has 0 unspecified atom stereocenters. The molecule has 4 rings (SSSR count). The Bertz CT molecular complexity index is 950. The van der Waals surface area contributed by atoms with Gasteiger partial charge in [0, 0.05) is 18.7 Å². The van der Waals surface area contributed by atoms with Crippen LogP contribution in [0.5, 0.6) is 5.75 Å². The van der Waals surface area contributed by atoms with Crippen molar-refractivity contribution in [3.05, 3.63) is 77.1 Å². The first-order valence-electron chi connectivity index (χ1n) is 10.0. The third-order valence-electron chi connectivity index (χ3n) is 5.47. The molecule has 29 heavy (non-hydrogen) atoms. The average Bonchev–Trinajstić information content (AvgIpc) is 3.18. The van der Waals surface area contributed by atoms with Gasteiger partial charge in [-0.15, -0.1) is 0 Å². The molecule has 3 aromatic rings. The summed E-state index contributed by atoms with van der Waals surface area (Å²) < 4.78 is 14.2. The van der Waals surface area contributed by atoms with Crippen LogP contribution in [0.15, 0.2) is 54.6 Å². The number of piperidine rings is 1. The lowest BCUT2D eigenvalue weighted by Crippen LogP contribution is -2.38. The summed E-state index contributed by atoms with van der Waals surface area (Å²) in [5, 5.41) is 0. The van der Waals surface area contributed by atoms with E-state index in [0.717, 1.165) is 43.7 Å². The number of hydrogen-bond acceptors (Lipinski definition) is 5. The molecule has 1 fully saturated rings. The first kappa shape index (κ1) is 19.6. The Labute approximate surface area is 175 Å². The quantitative estimate of drug-likeness (QED) is 0.603. The van der Waals surface area contributed by atoms with Crippen LogP contribution in [0, 0.1) is 12.8 Å².